The van der Waals surface area contributed by atoms with Crippen LogP contribution < -0.4 is 5.32 Å². The lowest BCUT2D eigenvalue weighted by molar-refractivity contribution is -0.145. The molecule has 3 nitrogen and oxygen atoms in total. The van der Waals surface area contributed by atoms with E-state index >= 15 is 0 Å². The average molecular weight is 279 g/mol. The first-order chi connectivity index (χ1) is 8.32. The summed E-state index contributed by atoms with van der Waals surface area (Å²) in [7, 11) is 0. The third kappa shape index (κ3) is 4.72. The van der Waals surface area contributed by atoms with Gasteiger partial charge in [-0.15, -0.1) is 11.8 Å². The Morgan fingerprint density at radius 1 is 1.33 bits per heavy atom. The van der Waals surface area contributed by atoms with E-state index in [-0.39, 0.29) is 11.1 Å². The Kier molecular flexibility index (Phi) is 5.25. The van der Waals surface area contributed by atoms with Gasteiger partial charge < -0.3 is 5.32 Å². The summed E-state index contributed by atoms with van der Waals surface area (Å²) in [6, 6.07) is 1.55. The second-order valence-corrected chi connectivity index (χ2v) is 5.60. The zero-order valence-electron chi connectivity index (χ0n) is 10.5. The molecule has 1 aromatic rings. The fraction of sp³-hybridized carbons (Fsp3) is 0.636. The average Bonchev–Trinajstić information content (AvgIpc) is 2.24. The van der Waals surface area contributed by atoms with Gasteiger partial charge in [0.2, 0.25) is 5.82 Å². The Morgan fingerprint density at radius 3 is 2.50 bits per heavy atom. The summed E-state index contributed by atoms with van der Waals surface area (Å²) < 4.78 is 37.9. The number of rotatable bonds is 5. The molecule has 1 aromatic heterocycles. The number of hydrogen-bond acceptors (Lipinski definition) is 4. The van der Waals surface area contributed by atoms with Crippen LogP contribution in [0.15, 0.2) is 11.1 Å². The van der Waals surface area contributed by atoms with Gasteiger partial charge in [0.15, 0.2) is 0 Å². The highest BCUT2D eigenvalue weighted by molar-refractivity contribution is 7.99. The maximum absolute atomic E-state index is 12.6. The summed E-state index contributed by atoms with van der Waals surface area (Å²) in [5, 5.41) is 3.36. The van der Waals surface area contributed by atoms with Gasteiger partial charge in [-0.25, -0.2) is 9.97 Å². The fourth-order valence-electron chi connectivity index (χ4n) is 1.20. The van der Waals surface area contributed by atoms with E-state index < -0.39 is 12.0 Å². The van der Waals surface area contributed by atoms with Gasteiger partial charge in [0.25, 0.3) is 0 Å². The minimum atomic E-state index is -4.52. The van der Waals surface area contributed by atoms with Gasteiger partial charge in [0.1, 0.15) is 10.8 Å². The van der Waals surface area contributed by atoms with Crippen molar-refractivity contribution in [3.63, 3.8) is 0 Å². The Labute approximate surface area is 109 Å². The second-order valence-electron chi connectivity index (χ2n) is 4.01. The molecular weight excluding hydrogens is 263 g/mol. The maximum atomic E-state index is 12.6. The molecular formula is C11H16F3N3S. The Hall–Kier alpha value is -0.980. The summed E-state index contributed by atoms with van der Waals surface area (Å²) in [5.74, 6) is -0.867. The van der Waals surface area contributed by atoms with Crippen LogP contribution in [0.4, 0.5) is 19.0 Å². The van der Waals surface area contributed by atoms with Crippen LogP contribution in [0.2, 0.25) is 0 Å². The number of aromatic nitrogens is 2. The predicted molar refractivity (Wildman–Crippen MR) is 66.8 cm³/mol. The number of halogens is 3. The minimum Gasteiger partial charge on any atom is -0.370 e. The van der Waals surface area contributed by atoms with Crippen molar-refractivity contribution in [3.05, 3.63) is 11.9 Å². The van der Waals surface area contributed by atoms with E-state index in [0.29, 0.717) is 11.6 Å². The van der Waals surface area contributed by atoms with Gasteiger partial charge in [0.05, 0.1) is 0 Å². The molecule has 0 unspecified atom stereocenters. The van der Waals surface area contributed by atoms with Crippen molar-refractivity contribution in [2.75, 3.05) is 11.9 Å². The number of hydrogen-bond donors (Lipinski definition) is 1. The van der Waals surface area contributed by atoms with Crippen LogP contribution >= 0.6 is 11.8 Å². The lowest BCUT2D eigenvalue weighted by Gasteiger charge is -2.12. The molecule has 18 heavy (non-hydrogen) atoms. The maximum Gasteiger partial charge on any atom is 0.451 e. The van der Waals surface area contributed by atoms with Crippen LogP contribution in [0.5, 0.6) is 0 Å². The SMILES string of the molecule is CCCNc1cc(SC(C)C)nc(C(F)(F)F)n1. The van der Waals surface area contributed by atoms with E-state index in [1.807, 2.05) is 20.8 Å². The molecule has 1 heterocycles. The second kappa shape index (κ2) is 6.26. The van der Waals surface area contributed by atoms with E-state index in [4.69, 9.17) is 0 Å². The van der Waals surface area contributed by atoms with Gasteiger partial charge in [0, 0.05) is 17.9 Å². The highest BCUT2D eigenvalue weighted by atomic mass is 32.2. The van der Waals surface area contributed by atoms with E-state index in [9.17, 15) is 13.2 Å². The van der Waals surface area contributed by atoms with Crippen molar-refractivity contribution in [2.24, 2.45) is 0 Å². The molecule has 0 aliphatic carbocycles. The number of nitrogens with one attached hydrogen (secondary N) is 1. The summed E-state index contributed by atoms with van der Waals surface area (Å²) >= 11 is 1.29. The Morgan fingerprint density at radius 2 is 2.00 bits per heavy atom. The molecule has 0 aliphatic heterocycles. The van der Waals surface area contributed by atoms with Crippen molar-refractivity contribution in [1.29, 1.82) is 0 Å². The van der Waals surface area contributed by atoms with Gasteiger partial charge in [-0.3, -0.25) is 0 Å². The molecule has 0 saturated heterocycles. The van der Waals surface area contributed by atoms with Gasteiger partial charge in [-0.2, -0.15) is 13.2 Å². The van der Waals surface area contributed by atoms with Gasteiger partial charge >= 0.3 is 6.18 Å². The molecule has 7 heteroatoms. The van der Waals surface area contributed by atoms with Gasteiger partial charge in [-0.05, 0) is 6.42 Å². The van der Waals surface area contributed by atoms with Crippen LogP contribution in [0.25, 0.3) is 0 Å². The van der Waals surface area contributed by atoms with E-state index in [1.165, 1.54) is 11.8 Å². The van der Waals surface area contributed by atoms with E-state index in [1.54, 1.807) is 6.07 Å². The molecule has 102 valence electrons. The van der Waals surface area contributed by atoms with Gasteiger partial charge in [-0.1, -0.05) is 20.8 Å². The first-order valence-electron chi connectivity index (χ1n) is 5.69. The Bertz CT molecular complexity index is 394. The fourth-order valence-corrected chi connectivity index (χ4v) is 2.00. The minimum absolute atomic E-state index is 0.167. The lowest BCUT2D eigenvalue weighted by atomic mass is 10.4. The van der Waals surface area contributed by atoms with Crippen molar-refractivity contribution >= 4 is 17.6 Å². The van der Waals surface area contributed by atoms with Crippen LogP contribution in [0.3, 0.4) is 0 Å². The predicted octanol–water partition coefficient (Wildman–Crippen LogP) is 3.82. The van der Waals surface area contributed by atoms with E-state index in [0.717, 1.165) is 6.42 Å². The summed E-state index contributed by atoms with van der Waals surface area (Å²) in [6.07, 6.45) is -3.70. The largest absolute Gasteiger partial charge is 0.451 e. The third-order valence-electron chi connectivity index (χ3n) is 1.87. The molecule has 0 aromatic carbocycles. The number of thioether (sulfide) groups is 1. The van der Waals surface area contributed by atoms with Crippen molar-refractivity contribution in [3.8, 4) is 0 Å². The topological polar surface area (TPSA) is 37.8 Å². The highest BCUT2D eigenvalue weighted by Crippen LogP contribution is 2.30. The molecule has 0 fully saturated rings. The van der Waals surface area contributed by atoms with Crippen molar-refractivity contribution < 1.29 is 13.2 Å². The quantitative estimate of drug-likeness (QED) is 0.657. The molecule has 0 atom stereocenters. The molecule has 1 rings (SSSR count). The monoisotopic (exact) mass is 279 g/mol. The normalized spacial score (nSPS) is 11.9. The lowest BCUT2D eigenvalue weighted by Crippen LogP contribution is -2.14. The van der Waals surface area contributed by atoms with Crippen LogP contribution in [-0.4, -0.2) is 21.8 Å². The number of alkyl halides is 3. The molecule has 0 bridgehead atoms. The van der Waals surface area contributed by atoms with Crippen LogP contribution in [0, 0.1) is 0 Å². The van der Waals surface area contributed by atoms with Crippen LogP contribution in [0.1, 0.15) is 33.0 Å². The standard InChI is InChI=1S/C11H16F3N3S/c1-4-5-15-8-6-9(18-7(2)3)17-10(16-8)11(12,13)14/h6-7H,4-5H2,1-3H3,(H,15,16,17). The first kappa shape index (κ1) is 15.1. The van der Waals surface area contributed by atoms with Crippen LogP contribution in [-0.2, 0) is 6.18 Å². The summed E-state index contributed by atoms with van der Waals surface area (Å²) in [5.41, 5.74) is 0. The molecule has 0 radical (unpaired) electrons. The summed E-state index contributed by atoms with van der Waals surface area (Å²) in [6.45, 7) is 6.32. The van der Waals surface area contributed by atoms with Crippen molar-refractivity contribution in [1.82, 2.24) is 9.97 Å². The molecule has 0 spiro atoms. The molecule has 1 N–H and O–H groups in total. The Balaban J connectivity index is 3.03. The molecule has 0 amide bonds. The third-order valence-corrected chi connectivity index (χ3v) is 2.79. The number of anilines is 1. The summed E-state index contributed by atoms with van der Waals surface area (Å²) in [4.78, 5) is 7.03. The molecule has 0 saturated carbocycles. The van der Waals surface area contributed by atoms with Crippen molar-refractivity contribution in [2.45, 2.75) is 43.6 Å². The first-order valence-corrected chi connectivity index (χ1v) is 6.57. The van der Waals surface area contributed by atoms with E-state index in [2.05, 4.69) is 15.3 Å². The zero-order chi connectivity index (χ0) is 13.8. The highest BCUT2D eigenvalue weighted by Gasteiger charge is 2.35. The smallest absolute Gasteiger partial charge is 0.370 e. The molecule has 0 aliphatic rings. The number of nitrogens with zero attached hydrogens (tertiary/aromatic N) is 2. The zero-order valence-corrected chi connectivity index (χ0v) is 11.3.